The van der Waals surface area contributed by atoms with Gasteiger partial charge < -0.3 is 19.3 Å². The predicted molar refractivity (Wildman–Crippen MR) is 178 cm³/mol. The fraction of sp³-hybridized carbons (Fsp3) is 0.459. The SMILES string of the molecule is O=C(O)c1ccc2c(c1)CCC(C[C@@H]1CCO1)C(CN1CCC(c3cccc(OCc4ccc(C5COC5)c5cn[nH]c45)n3)CC1)=N2. The van der Waals surface area contributed by atoms with Crippen LogP contribution >= 0.6 is 0 Å². The Kier molecular flexibility index (Phi) is 8.47. The van der Waals surface area contributed by atoms with Gasteiger partial charge in [0.15, 0.2) is 0 Å². The molecule has 1 unspecified atom stereocenters. The van der Waals surface area contributed by atoms with Crippen LogP contribution in [0.1, 0.15) is 76.7 Å². The number of aromatic carboxylic acids is 1. The van der Waals surface area contributed by atoms with Crippen molar-refractivity contribution in [3.63, 3.8) is 0 Å². The molecule has 2 atom stereocenters. The Balaban J connectivity index is 0.912. The number of hydrogen-bond donors (Lipinski definition) is 2. The Bertz CT molecular complexity index is 1790. The van der Waals surface area contributed by atoms with Gasteiger partial charge in [0.25, 0.3) is 0 Å². The first-order valence-corrected chi connectivity index (χ1v) is 17.0. The molecule has 0 amide bonds. The van der Waals surface area contributed by atoms with Crippen LogP contribution in [-0.4, -0.2) is 82.4 Å². The normalized spacial score (nSPS) is 22.2. The van der Waals surface area contributed by atoms with Crippen molar-refractivity contribution in [3.8, 4) is 5.88 Å². The van der Waals surface area contributed by atoms with Crippen molar-refractivity contribution in [3.05, 3.63) is 82.7 Å². The van der Waals surface area contributed by atoms with Crippen molar-refractivity contribution in [2.24, 2.45) is 10.9 Å². The molecule has 8 rings (SSSR count). The molecule has 4 aromatic rings. The molecule has 10 heteroatoms. The number of carboxylic acids is 1. The van der Waals surface area contributed by atoms with Gasteiger partial charge in [-0.2, -0.15) is 5.10 Å². The van der Waals surface area contributed by atoms with E-state index in [2.05, 4.69) is 39.4 Å². The standard InChI is InChI=1S/C37H41N5O5/c43-37(44)26-7-9-33-24(16-26)4-5-25(17-29-12-15-46-29)34(39-33)19-42-13-10-23(11-14-42)32-2-1-3-35(40-32)47-22-27-6-8-30(28-20-45-21-28)31-18-38-41-36(27)31/h1-3,6-9,16,18,23,25,28-29H,4-5,10-15,17,19-22H2,(H,38,41)(H,43,44)/t25?,29-/m0/s1. The third-order valence-corrected chi connectivity index (χ3v) is 10.5. The van der Waals surface area contributed by atoms with Crippen molar-refractivity contribution in [2.45, 2.75) is 63.1 Å². The van der Waals surface area contributed by atoms with Crippen LogP contribution in [0, 0.1) is 5.92 Å². The summed E-state index contributed by atoms with van der Waals surface area (Å²) >= 11 is 0. The van der Waals surface area contributed by atoms with Gasteiger partial charge in [0.1, 0.15) is 6.61 Å². The number of pyridine rings is 1. The first-order valence-electron chi connectivity index (χ1n) is 17.0. The van der Waals surface area contributed by atoms with Gasteiger partial charge in [-0.05, 0) is 87.0 Å². The summed E-state index contributed by atoms with van der Waals surface area (Å²) in [4.78, 5) is 24.2. The van der Waals surface area contributed by atoms with Crippen molar-refractivity contribution < 1.29 is 24.1 Å². The molecule has 3 fully saturated rings. The predicted octanol–water partition coefficient (Wildman–Crippen LogP) is 6.04. The second kappa shape index (κ2) is 13.2. The highest BCUT2D eigenvalue weighted by Gasteiger charge is 2.31. The molecule has 3 saturated heterocycles. The fourth-order valence-corrected chi connectivity index (χ4v) is 7.49. The number of likely N-dealkylation sites (tertiary alicyclic amines) is 1. The van der Waals surface area contributed by atoms with E-state index in [9.17, 15) is 9.90 Å². The van der Waals surface area contributed by atoms with Crippen LogP contribution in [0.15, 0.2) is 59.7 Å². The van der Waals surface area contributed by atoms with Crippen LogP contribution in [0.4, 0.5) is 5.69 Å². The van der Waals surface area contributed by atoms with E-state index in [-0.39, 0.29) is 0 Å². The van der Waals surface area contributed by atoms with Crippen molar-refractivity contribution in [1.29, 1.82) is 0 Å². The maximum Gasteiger partial charge on any atom is 0.335 e. The Morgan fingerprint density at radius 3 is 2.68 bits per heavy atom. The highest BCUT2D eigenvalue weighted by Crippen LogP contribution is 2.35. The fourth-order valence-electron chi connectivity index (χ4n) is 7.49. The maximum absolute atomic E-state index is 11.6. The number of ether oxygens (including phenoxy) is 3. The lowest BCUT2D eigenvalue weighted by molar-refractivity contribution is -0.0593. The second-order valence-electron chi connectivity index (χ2n) is 13.5. The molecule has 4 aliphatic heterocycles. The molecule has 0 spiro atoms. The molecule has 6 heterocycles. The maximum atomic E-state index is 11.6. The summed E-state index contributed by atoms with van der Waals surface area (Å²) in [7, 11) is 0. The van der Waals surface area contributed by atoms with Gasteiger partial charge >= 0.3 is 5.97 Å². The zero-order chi connectivity index (χ0) is 31.7. The van der Waals surface area contributed by atoms with E-state index in [4.69, 9.17) is 24.2 Å². The molecular weight excluding hydrogens is 594 g/mol. The number of benzene rings is 2. The molecule has 0 aliphatic carbocycles. The van der Waals surface area contributed by atoms with Crippen LogP contribution in [0.2, 0.25) is 0 Å². The van der Waals surface area contributed by atoms with Crippen LogP contribution in [0.5, 0.6) is 5.88 Å². The molecule has 2 aromatic carbocycles. The van der Waals surface area contributed by atoms with Gasteiger partial charge in [-0.1, -0.05) is 18.2 Å². The minimum Gasteiger partial charge on any atom is -0.478 e. The molecule has 4 aliphatic rings. The first-order chi connectivity index (χ1) is 23.1. The number of nitrogens with zero attached hydrogens (tertiary/aromatic N) is 4. The monoisotopic (exact) mass is 635 g/mol. The van der Waals surface area contributed by atoms with E-state index >= 15 is 0 Å². The molecular formula is C37H41N5O5. The number of nitrogens with one attached hydrogen (secondary N) is 1. The summed E-state index contributed by atoms with van der Waals surface area (Å²) in [6.07, 6.45) is 8.15. The van der Waals surface area contributed by atoms with Crippen molar-refractivity contribution >= 4 is 28.3 Å². The largest absolute Gasteiger partial charge is 0.478 e. The van der Waals surface area contributed by atoms with Gasteiger partial charge in [0.2, 0.25) is 5.88 Å². The summed E-state index contributed by atoms with van der Waals surface area (Å²) in [6.45, 7) is 5.58. The number of fused-ring (bicyclic) bond motifs is 2. The lowest BCUT2D eigenvalue weighted by Gasteiger charge is -2.35. The summed E-state index contributed by atoms with van der Waals surface area (Å²) in [5, 5.41) is 18.1. The van der Waals surface area contributed by atoms with Gasteiger partial charge in [0.05, 0.1) is 42.3 Å². The summed E-state index contributed by atoms with van der Waals surface area (Å²) < 4.78 is 17.5. The molecule has 244 valence electrons. The van der Waals surface area contributed by atoms with Crippen LogP contribution in [0.25, 0.3) is 10.9 Å². The summed E-state index contributed by atoms with van der Waals surface area (Å²) in [5.74, 6) is 0.900. The van der Waals surface area contributed by atoms with E-state index in [1.54, 1.807) is 12.1 Å². The zero-order valence-corrected chi connectivity index (χ0v) is 26.6. The number of aromatic nitrogens is 3. The average Bonchev–Trinajstić information content (AvgIpc) is 3.48. The molecule has 10 nitrogen and oxygen atoms in total. The topological polar surface area (TPSA) is 122 Å². The first kappa shape index (κ1) is 30.2. The lowest BCUT2D eigenvalue weighted by Crippen LogP contribution is -2.40. The smallest absolute Gasteiger partial charge is 0.335 e. The van der Waals surface area contributed by atoms with Gasteiger partial charge in [-0.3, -0.25) is 15.0 Å². The summed E-state index contributed by atoms with van der Waals surface area (Å²) in [5.41, 5.74) is 7.93. The minimum atomic E-state index is -0.893. The number of aliphatic imine (C=N–C) groups is 1. The molecule has 0 bridgehead atoms. The van der Waals surface area contributed by atoms with Gasteiger partial charge in [-0.15, -0.1) is 0 Å². The number of carboxylic acid groups (broad SMARTS) is 1. The highest BCUT2D eigenvalue weighted by atomic mass is 16.5. The second-order valence-corrected chi connectivity index (χ2v) is 13.5. The molecule has 2 aromatic heterocycles. The number of rotatable bonds is 10. The van der Waals surface area contributed by atoms with Crippen molar-refractivity contribution in [1.82, 2.24) is 20.1 Å². The van der Waals surface area contributed by atoms with Crippen LogP contribution < -0.4 is 4.74 Å². The average molecular weight is 636 g/mol. The number of H-pyrrole nitrogens is 1. The third-order valence-electron chi connectivity index (χ3n) is 10.5. The quantitative estimate of drug-likeness (QED) is 0.216. The van der Waals surface area contributed by atoms with E-state index in [1.807, 2.05) is 18.3 Å². The highest BCUT2D eigenvalue weighted by molar-refractivity contribution is 5.93. The molecule has 47 heavy (non-hydrogen) atoms. The van der Waals surface area contributed by atoms with Crippen LogP contribution in [0.3, 0.4) is 0 Å². The Morgan fingerprint density at radius 1 is 1.04 bits per heavy atom. The summed E-state index contributed by atoms with van der Waals surface area (Å²) in [6, 6.07) is 15.8. The van der Waals surface area contributed by atoms with E-state index < -0.39 is 5.97 Å². The number of piperidine rings is 1. The number of aromatic amines is 1. The Hall–Kier alpha value is -4.12. The Morgan fingerprint density at radius 2 is 1.91 bits per heavy atom. The molecule has 2 N–H and O–H groups in total. The number of carbonyl (C=O) groups is 1. The third kappa shape index (κ3) is 6.42. The van der Waals surface area contributed by atoms with E-state index in [0.29, 0.717) is 41.9 Å². The van der Waals surface area contributed by atoms with Gasteiger partial charge in [0, 0.05) is 59.3 Å². The Labute approximate surface area is 274 Å². The molecule has 0 saturated carbocycles. The van der Waals surface area contributed by atoms with Crippen LogP contribution in [-0.2, 0) is 22.5 Å². The van der Waals surface area contributed by atoms with Gasteiger partial charge in [-0.25, -0.2) is 9.78 Å². The number of hydrogen-bond acceptors (Lipinski definition) is 8. The zero-order valence-electron chi connectivity index (χ0n) is 26.6. The van der Waals surface area contributed by atoms with Crippen molar-refractivity contribution in [2.75, 3.05) is 39.5 Å². The molecule has 0 radical (unpaired) electrons. The number of aryl methyl sites for hydroxylation is 1. The lowest BCUT2D eigenvalue weighted by atomic mass is 9.87. The van der Waals surface area contributed by atoms with E-state index in [1.165, 1.54) is 11.3 Å². The van der Waals surface area contributed by atoms with E-state index in [0.717, 1.165) is 111 Å². The minimum absolute atomic E-state index is 0.305.